The van der Waals surface area contributed by atoms with Crippen LogP contribution in [0.1, 0.15) is 43.6 Å². The van der Waals surface area contributed by atoms with Crippen molar-refractivity contribution < 1.29 is 19.1 Å². The first-order valence-corrected chi connectivity index (χ1v) is 6.57. The van der Waals surface area contributed by atoms with Crippen molar-refractivity contribution in [3.05, 3.63) is 35.4 Å². The van der Waals surface area contributed by atoms with Crippen LogP contribution < -0.4 is 5.73 Å². The molecule has 0 fully saturated rings. The molecule has 0 bridgehead atoms. The number of rotatable bonds is 3. The summed E-state index contributed by atoms with van der Waals surface area (Å²) >= 11 is 0. The van der Waals surface area contributed by atoms with Gasteiger partial charge < -0.3 is 15.2 Å². The molecule has 1 rings (SSSR count). The summed E-state index contributed by atoms with van der Waals surface area (Å²) in [5, 5.41) is 0. The van der Waals surface area contributed by atoms with Gasteiger partial charge in [-0.25, -0.2) is 9.59 Å². The van der Waals surface area contributed by atoms with Crippen LogP contribution in [-0.4, -0.2) is 30.1 Å². The van der Waals surface area contributed by atoms with E-state index in [4.69, 9.17) is 15.2 Å². The molecule has 0 saturated carbocycles. The van der Waals surface area contributed by atoms with E-state index in [1.165, 1.54) is 6.07 Å². The summed E-state index contributed by atoms with van der Waals surface area (Å²) in [4.78, 5) is 26.9. The van der Waals surface area contributed by atoms with Crippen LogP contribution in [0.15, 0.2) is 29.3 Å². The maximum atomic E-state index is 11.6. The molecule has 1 aromatic rings. The largest absolute Gasteiger partial charge is 0.462 e. The minimum atomic E-state index is -0.776. The molecule has 0 aliphatic carbocycles. The molecule has 6 nitrogen and oxygen atoms in total. The minimum absolute atomic E-state index is 0.0181. The molecule has 0 radical (unpaired) electrons. The molecule has 21 heavy (non-hydrogen) atoms. The highest BCUT2D eigenvalue weighted by atomic mass is 16.6. The summed E-state index contributed by atoms with van der Waals surface area (Å²) in [6, 6.07) is 6.40. The van der Waals surface area contributed by atoms with Crippen LogP contribution in [0.5, 0.6) is 0 Å². The zero-order chi connectivity index (χ0) is 16.0. The van der Waals surface area contributed by atoms with E-state index in [0.29, 0.717) is 11.1 Å². The third-order valence-electron chi connectivity index (χ3n) is 2.27. The Labute approximate surface area is 124 Å². The van der Waals surface area contributed by atoms with Gasteiger partial charge in [-0.3, -0.25) is 0 Å². The zero-order valence-corrected chi connectivity index (χ0v) is 12.7. The first kappa shape index (κ1) is 16.7. The van der Waals surface area contributed by atoms with Gasteiger partial charge in [-0.1, -0.05) is 12.1 Å². The van der Waals surface area contributed by atoms with Gasteiger partial charge in [-0.2, -0.15) is 4.99 Å². The van der Waals surface area contributed by atoms with E-state index in [1.54, 1.807) is 45.9 Å². The Morgan fingerprint density at radius 1 is 1.24 bits per heavy atom. The molecular formula is C15H20N2O4. The van der Waals surface area contributed by atoms with Crippen LogP contribution in [0.4, 0.5) is 4.79 Å². The maximum absolute atomic E-state index is 11.6. The number of aliphatic imine (C=N–C) groups is 1. The molecule has 0 spiro atoms. The molecule has 1 amide bonds. The molecule has 6 heteroatoms. The van der Waals surface area contributed by atoms with Gasteiger partial charge in [0.2, 0.25) is 0 Å². The highest BCUT2D eigenvalue weighted by molar-refractivity contribution is 6.04. The predicted octanol–water partition coefficient (Wildman–Crippen LogP) is 2.50. The van der Waals surface area contributed by atoms with Crippen molar-refractivity contribution in [3.63, 3.8) is 0 Å². The number of hydrogen-bond acceptors (Lipinski definition) is 4. The van der Waals surface area contributed by atoms with Crippen molar-refractivity contribution in [1.82, 2.24) is 0 Å². The summed E-state index contributed by atoms with van der Waals surface area (Å²) in [6.07, 6.45) is -0.776. The second-order valence-electron chi connectivity index (χ2n) is 5.28. The SMILES string of the molecule is CCOC(=O)c1cccc(/C(N)=N/C(=O)OC(C)(C)C)c1. The van der Waals surface area contributed by atoms with Crippen molar-refractivity contribution >= 4 is 17.9 Å². The number of amides is 1. The van der Waals surface area contributed by atoms with Gasteiger partial charge in [-0.15, -0.1) is 0 Å². The first-order valence-electron chi connectivity index (χ1n) is 6.57. The number of hydrogen-bond donors (Lipinski definition) is 1. The van der Waals surface area contributed by atoms with E-state index in [1.807, 2.05) is 0 Å². The monoisotopic (exact) mass is 292 g/mol. The number of nitrogens with two attached hydrogens (primary N) is 1. The van der Waals surface area contributed by atoms with Crippen LogP contribution in [0, 0.1) is 0 Å². The fraction of sp³-hybridized carbons (Fsp3) is 0.400. The van der Waals surface area contributed by atoms with Crippen molar-refractivity contribution in [2.45, 2.75) is 33.3 Å². The molecule has 2 N–H and O–H groups in total. The molecule has 114 valence electrons. The normalized spacial score (nSPS) is 11.9. The fourth-order valence-corrected chi connectivity index (χ4v) is 1.47. The van der Waals surface area contributed by atoms with Gasteiger partial charge in [0.1, 0.15) is 11.4 Å². The van der Waals surface area contributed by atoms with Crippen LogP contribution in [-0.2, 0) is 9.47 Å². The summed E-state index contributed by atoms with van der Waals surface area (Å²) in [7, 11) is 0. The average Bonchev–Trinajstić information content (AvgIpc) is 2.36. The Morgan fingerprint density at radius 3 is 2.43 bits per heavy atom. The van der Waals surface area contributed by atoms with Crippen LogP contribution in [0.2, 0.25) is 0 Å². The van der Waals surface area contributed by atoms with Gasteiger partial charge in [0.05, 0.1) is 12.2 Å². The van der Waals surface area contributed by atoms with E-state index in [-0.39, 0.29) is 12.4 Å². The Morgan fingerprint density at radius 2 is 1.86 bits per heavy atom. The molecule has 0 saturated heterocycles. The lowest BCUT2D eigenvalue weighted by atomic mass is 10.1. The average molecular weight is 292 g/mol. The quantitative estimate of drug-likeness (QED) is 0.525. The van der Waals surface area contributed by atoms with Crippen LogP contribution >= 0.6 is 0 Å². The van der Waals surface area contributed by atoms with Crippen molar-refractivity contribution in [1.29, 1.82) is 0 Å². The van der Waals surface area contributed by atoms with E-state index < -0.39 is 17.7 Å². The molecular weight excluding hydrogens is 272 g/mol. The highest BCUT2D eigenvalue weighted by Gasteiger charge is 2.16. The molecule has 0 aromatic heterocycles. The third-order valence-corrected chi connectivity index (χ3v) is 2.27. The number of carbonyl (C=O) groups excluding carboxylic acids is 2. The number of esters is 1. The molecule has 0 heterocycles. The molecule has 0 aliphatic rings. The number of carbonyl (C=O) groups is 2. The number of ether oxygens (including phenoxy) is 2. The van der Waals surface area contributed by atoms with Gasteiger partial charge >= 0.3 is 12.1 Å². The lowest BCUT2D eigenvalue weighted by Crippen LogP contribution is -2.24. The highest BCUT2D eigenvalue weighted by Crippen LogP contribution is 2.10. The standard InChI is InChI=1S/C15H20N2O4/c1-5-20-13(18)11-8-6-7-10(9-11)12(16)17-14(19)21-15(2,3)4/h6-9H,5H2,1-4H3,(H2,16,17,19). The third kappa shape index (κ3) is 5.64. The Bertz CT molecular complexity index is 559. The molecule has 1 aromatic carbocycles. The lowest BCUT2D eigenvalue weighted by molar-refractivity contribution is 0.0525. The number of amidine groups is 1. The minimum Gasteiger partial charge on any atom is -0.462 e. The summed E-state index contributed by atoms with van der Waals surface area (Å²) < 4.78 is 9.95. The van der Waals surface area contributed by atoms with Crippen molar-refractivity contribution in [2.24, 2.45) is 10.7 Å². The summed E-state index contributed by atoms with van der Waals surface area (Å²) in [5.41, 5.74) is 5.90. The molecule has 0 unspecified atom stereocenters. The van der Waals surface area contributed by atoms with Crippen LogP contribution in [0.25, 0.3) is 0 Å². The fourth-order valence-electron chi connectivity index (χ4n) is 1.47. The zero-order valence-electron chi connectivity index (χ0n) is 12.7. The van der Waals surface area contributed by atoms with E-state index in [0.717, 1.165) is 0 Å². The first-order chi connectivity index (χ1) is 9.73. The van der Waals surface area contributed by atoms with E-state index >= 15 is 0 Å². The number of benzene rings is 1. The smallest absolute Gasteiger partial charge is 0.436 e. The van der Waals surface area contributed by atoms with Crippen molar-refractivity contribution in [2.75, 3.05) is 6.61 Å². The van der Waals surface area contributed by atoms with E-state index in [9.17, 15) is 9.59 Å². The second kappa shape index (κ2) is 6.88. The van der Waals surface area contributed by atoms with Crippen LogP contribution in [0.3, 0.4) is 0 Å². The van der Waals surface area contributed by atoms with Crippen molar-refractivity contribution in [3.8, 4) is 0 Å². The molecule has 0 atom stereocenters. The Kier molecular flexibility index (Phi) is 5.46. The predicted molar refractivity (Wildman–Crippen MR) is 79.4 cm³/mol. The second-order valence-corrected chi connectivity index (χ2v) is 5.28. The Balaban J connectivity index is 2.92. The van der Waals surface area contributed by atoms with Gasteiger partial charge in [0.25, 0.3) is 0 Å². The van der Waals surface area contributed by atoms with E-state index in [2.05, 4.69) is 4.99 Å². The lowest BCUT2D eigenvalue weighted by Gasteiger charge is -2.17. The molecule has 0 aliphatic heterocycles. The Hall–Kier alpha value is -2.37. The number of nitrogens with zero attached hydrogens (tertiary/aromatic N) is 1. The summed E-state index contributed by atoms with van der Waals surface area (Å²) in [6.45, 7) is 7.21. The maximum Gasteiger partial charge on any atom is 0.436 e. The van der Waals surface area contributed by atoms with Gasteiger partial charge in [0.15, 0.2) is 0 Å². The van der Waals surface area contributed by atoms with Gasteiger partial charge in [0, 0.05) is 5.56 Å². The summed E-state index contributed by atoms with van der Waals surface area (Å²) in [5.74, 6) is -0.472. The topological polar surface area (TPSA) is 91.0 Å². The van der Waals surface area contributed by atoms with Gasteiger partial charge in [-0.05, 0) is 39.8 Å².